The second kappa shape index (κ2) is 8.96. The molecule has 1 aliphatic rings. The number of nitrogens with zero attached hydrogens (tertiary/aromatic N) is 1. The van der Waals surface area contributed by atoms with Crippen molar-refractivity contribution in [1.82, 2.24) is 0 Å². The average molecular weight is 499 g/mol. The minimum atomic E-state index is -3.94. The maximum Gasteiger partial charge on any atom is 0.267 e. The van der Waals surface area contributed by atoms with Crippen molar-refractivity contribution in [3.05, 3.63) is 82.9 Å². The van der Waals surface area contributed by atoms with Gasteiger partial charge in [0, 0.05) is 10.7 Å². The lowest BCUT2D eigenvalue weighted by atomic mass is 9.86. The summed E-state index contributed by atoms with van der Waals surface area (Å²) in [6.07, 6.45) is -1.05. The molecule has 178 valence electrons. The first kappa shape index (κ1) is 24.1. The number of halogens is 1. The van der Waals surface area contributed by atoms with E-state index in [0.29, 0.717) is 22.1 Å². The molecule has 1 aliphatic heterocycles. The van der Waals surface area contributed by atoms with Gasteiger partial charge in [-0.2, -0.15) is 0 Å². The number of benzene rings is 3. The Morgan fingerprint density at radius 1 is 1.06 bits per heavy atom. The zero-order chi connectivity index (χ0) is 24.7. The van der Waals surface area contributed by atoms with Crippen molar-refractivity contribution in [2.75, 3.05) is 16.2 Å². The third-order valence-corrected chi connectivity index (χ3v) is 8.05. The van der Waals surface area contributed by atoms with Gasteiger partial charge in [-0.05, 0) is 59.9 Å². The van der Waals surface area contributed by atoms with Crippen molar-refractivity contribution < 1.29 is 17.9 Å². The van der Waals surface area contributed by atoms with Crippen molar-refractivity contribution in [3.63, 3.8) is 0 Å². The summed E-state index contributed by atoms with van der Waals surface area (Å²) in [5.41, 5.74) is 2.44. The fraction of sp³-hybridized carbons (Fsp3) is 0.269. The van der Waals surface area contributed by atoms with Gasteiger partial charge in [0.05, 0.1) is 17.1 Å². The minimum Gasteiger partial charge on any atom is -0.476 e. The number of carbonyl (C=O) groups excluding carboxylic acids is 1. The Kier molecular flexibility index (Phi) is 6.36. The van der Waals surface area contributed by atoms with E-state index in [1.54, 1.807) is 61.5 Å². The molecule has 1 N–H and O–H groups in total. The minimum absolute atomic E-state index is 0.147. The zero-order valence-electron chi connectivity index (χ0n) is 19.5. The van der Waals surface area contributed by atoms with E-state index in [1.165, 1.54) is 4.31 Å². The van der Waals surface area contributed by atoms with Crippen LogP contribution in [-0.2, 0) is 20.2 Å². The Balaban J connectivity index is 1.75. The second-order valence-corrected chi connectivity index (χ2v) is 11.6. The van der Waals surface area contributed by atoms with Gasteiger partial charge in [0.1, 0.15) is 5.75 Å². The molecule has 1 atom stereocenters. The highest BCUT2D eigenvalue weighted by atomic mass is 35.5. The Bertz CT molecular complexity index is 1330. The van der Waals surface area contributed by atoms with Gasteiger partial charge in [0.25, 0.3) is 15.9 Å². The normalized spacial score (nSPS) is 15.9. The summed E-state index contributed by atoms with van der Waals surface area (Å²) in [5, 5.41) is 3.35. The molecule has 8 heteroatoms. The molecule has 1 amide bonds. The quantitative estimate of drug-likeness (QED) is 0.512. The first-order valence-corrected chi connectivity index (χ1v) is 12.8. The number of carbonyl (C=O) groups is 1. The van der Waals surface area contributed by atoms with Crippen molar-refractivity contribution in [2.45, 2.75) is 44.1 Å². The van der Waals surface area contributed by atoms with E-state index in [9.17, 15) is 13.2 Å². The topological polar surface area (TPSA) is 75.7 Å². The number of amides is 1. The number of nitrogens with one attached hydrogen (secondary N) is 1. The number of anilines is 2. The van der Waals surface area contributed by atoms with Gasteiger partial charge in [0.2, 0.25) is 0 Å². The van der Waals surface area contributed by atoms with Crippen molar-refractivity contribution in [2.24, 2.45) is 0 Å². The third-order valence-electron chi connectivity index (χ3n) is 5.84. The van der Waals surface area contributed by atoms with Crippen molar-refractivity contribution >= 4 is 38.9 Å². The molecule has 4 rings (SSSR count). The molecular formula is C26H27ClN2O4S. The molecule has 6 nitrogen and oxygen atoms in total. The predicted octanol–water partition coefficient (Wildman–Crippen LogP) is 5.54. The van der Waals surface area contributed by atoms with Crippen LogP contribution in [0.3, 0.4) is 0 Å². The molecule has 34 heavy (non-hydrogen) atoms. The Labute approximate surface area is 205 Å². The fourth-order valence-electron chi connectivity index (χ4n) is 3.76. The number of hydrogen-bond donors (Lipinski definition) is 1. The first-order chi connectivity index (χ1) is 16.0. The van der Waals surface area contributed by atoms with E-state index in [-0.39, 0.29) is 16.9 Å². The van der Waals surface area contributed by atoms with E-state index >= 15 is 0 Å². The summed E-state index contributed by atoms with van der Waals surface area (Å²) in [7, 11) is -3.94. The van der Waals surface area contributed by atoms with Crippen LogP contribution in [0, 0.1) is 6.92 Å². The summed E-state index contributed by atoms with van der Waals surface area (Å²) in [6, 6.07) is 18.9. The van der Waals surface area contributed by atoms with Crippen LogP contribution in [0.5, 0.6) is 5.75 Å². The Hall–Kier alpha value is -3.03. The van der Waals surface area contributed by atoms with E-state index in [4.69, 9.17) is 16.3 Å². The highest BCUT2D eigenvalue weighted by Gasteiger charge is 2.38. The maximum absolute atomic E-state index is 13.7. The highest BCUT2D eigenvalue weighted by molar-refractivity contribution is 7.92. The predicted molar refractivity (Wildman–Crippen MR) is 135 cm³/mol. The molecule has 0 spiro atoms. The first-order valence-electron chi connectivity index (χ1n) is 10.9. The standard InChI is InChI=1S/C26H27ClN2O4S/c1-17-20(27)11-8-12-21(17)28-25(30)24-16-29(34(31,32)19-9-6-5-7-10-19)22-15-18(26(2,3)4)13-14-23(22)33-24/h5-15,24H,16H2,1-4H3,(H,28,30)/t24-/m0/s1. The number of ether oxygens (including phenoxy) is 1. The SMILES string of the molecule is Cc1c(Cl)cccc1NC(=O)[C@@H]1CN(S(=O)(=O)c2ccccc2)c2cc(C(C)(C)C)ccc2O1. The lowest BCUT2D eigenvalue weighted by Crippen LogP contribution is -2.49. The molecule has 0 fully saturated rings. The Morgan fingerprint density at radius 3 is 2.44 bits per heavy atom. The van der Waals surface area contributed by atoms with Crippen molar-refractivity contribution in [3.8, 4) is 5.75 Å². The molecule has 0 saturated heterocycles. The largest absolute Gasteiger partial charge is 0.476 e. The molecule has 3 aromatic carbocycles. The van der Waals surface area contributed by atoms with Gasteiger partial charge in [-0.25, -0.2) is 8.42 Å². The lowest BCUT2D eigenvalue weighted by Gasteiger charge is -2.36. The molecule has 0 unspecified atom stereocenters. The summed E-state index contributed by atoms with van der Waals surface area (Å²) < 4.78 is 34.6. The maximum atomic E-state index is 13.7. The molecule has 3 aromatic rings. The monoisotopic (exact) mass is 498 g/mol. The summed E-state index contributed by atoms with van der Waals surface area (Å²) >= 11 is 6.18. The molecule has 0 aromatic heterocycles. The molecule has 1 heterocycles. The van der Waals surface area contributed by atoms with Crippen LogP contribution < -0.4 is 14.4 Å². The summed E-state index contributed by atoms with van der Waals surface area (Å²) in [6.45, 7) is 7.80. The van der Waals surface area contributed by atoms with Crippen molar-refractivity contribution in [1.29, 1.82) is 0 Å². The van der Waals surface area contributed by atoms with Crippen LogP contribution in [0.2, 0.25) is 5.02 Å². The highest BCUT2D eigenvalue weighted by Crippen LogP contribution is 2.40. The molecule has 0 radical (unpaired) electrons. The van der Waals surface area contributed by atoms with Crippen LogP contribution in [-0.4, -0.2) is 27.0 Å². The van der Waals surface area contributed by atoms with E-state index in [0.717, 1.165) is 11.1 Å². The number of hydrogen-bond acceptors (Lipinski definition) is 4. The van der Waals surface area contributed by atoms with Gasteiger partial charge in [0.15, 0.2) is 6.10 Å². The van der Waals surface area contributed by atoms with Crippen LogP contribution in [0.4, 0.5) is 11.4 Å². The van der Waals surface area contributed by atoms with Crippen LogP contribution in [0.25, 0.3) is 0 Å². The summed E-state index contributed by atoms with van der Waals surface area (Å²) in [5.74, 6) is -0.120. The fourth-order valence-corrected chi connectivity index (χ4v) is 5.42. The average Bonchev–Trinajstić information content (AvgIpc) is 2.80. The number of sulfonamides is 1. The van der Waals surface area contributed by atoms with Gasteiger partial charge in [-0.15, -0.1) is 0 Å². The second-order valence-electron chi connectivity index (χ2n) is 9.29. The zero-order valence-corrected chi connectivity index (χ0v) is 21.1. The molecule has 0 bridgehead atoms. The van der Waals surface area contributed by atoms with Gasteiger partial charge >= 0.3 is 0 Å². The van der Waals surface area contributed by atoms with E-state index in [2.05, 4.69) is 26.1 Å². The molecule has 0 saturated carbocycles. The molecular weight excluding hydrogens is 472 g/mol. The smallest absolute Gasteiger partial charge is 0.267 e. The lowest BCUT2D eigenvalue weighted by molar-refractivity contribution is -0.122. The number of rotatable bonds is 4. The number of fused-ring (bicyclic) bond motifs is 1. The van der Waals surface area contributed by atoms with Crippen LogP contribution >= 0.6 is 11.6 Å². The van der Waals surface area contributed by atoms with E-state index in [1.807, 2.05) is 12.1 Å². The van der Waals surface area contributed by atoms with Crippen LogP contribution in [0.15, 0.2) is 71.6 Å². The van der Waals surface area contributed by atoms with Gasteiger partial charge < -0.3 is 10.1 Å². The van der Waals surface area contributed by atoms with Gasteiger partial charge in [-0.1, -0.05) is 62.7 Å². The third kappa shape index (κ3) is 4.63. The van der Waals surface area contributed by atoms with Crippen LogP contribution in [0.1, 0.15) is 31.9 Å². The van der Waals surface area contributed by atoms with Gasteiger partial charge in [-0.3, -0.25) is 9.10 Å². The molecule has 0 aliphatic carbocycles. The Morgan fingerprint density at radius 2 is 1.76 bits per heavy atom. The summed E-state index contributed by atoms with van der Waals surface area (Å²) in [4.78, 5) is 13.3. The van der Waals surface area contributed by atoms with E-state index < -0.39 is 22.0 Å².